The summed E-state index contributed by atoms with van der Waals surface area (Å²) in [6.45, 7) is 6.03. The second-order valence-electron chi connectivity index (χ2n) is 7.68. The van der Waals surface area contributed by atoms with Crippen molar-refractivity contribution in [3.63, 3.8) is 0 Å². The van der Waals surface area contributed by atoms with Gasteiger partial charge in [0.05, 0.1) is 11.3 Å². The van der Waals surface area contributed by atoms with Gasteiger partial charge < -0.3 is 5.32 Å². The molecule has 1 saturated heterocycles. The van der Waals surface area contributed by atoms with Crippen molar-refractivity contribution in [2.24, 2.45) is 0 Å². The van der Waals surface area contributed by atoms with Crippen molar-refractivity contribution in [3.8, 4) is 0 Å². The Labute approximate surface area is 164 Å². The average molecular weight is 411 g/mol. The summed E-state index contributed by atoms with van der Waals surface area (Å²) in [7, 11) is 0. The number of amides is 2. The van der Waals surface area contributed by atoms with E-state index in [4.69, 9.17) is 0 Å². The summed E-state index contributed by atoms with van der Waals surface area (Å²) in [6.07, 6.45) is -3.99. The van der Waals surface area contributed by atoms with Crippen molar-refractivity contribution in [1.29, 1.82) is 0 Å². The van der Waals surface area contributed by atoms with E-state index >= 15 is 0 Å². The van der Waals surface area contributed by atoms with Crippen LogP contribution in [0.3, 0.4) is 0 Å². The zero-order chi connectivity index (χ0) is 20.7. The molecule has 1 aliphatic rings. The van der Waals surface area contributed by atoms with Crippen LogP contribution in [0.25, 0.3) is 0 Å². The normalized spacial score (nSPS) is 17.9. The van der Waals surface area contributed by atoms with E-state index in [1.807, 2.05) is 20.8 Å². The Morgan fingerprint density at radius 1 is 1.21 bits per heavy atom. The van der Waals surface area contributed by atoms with Gasteiger partial charge in [0.2, 0.25) is 11.8 Å². The maximum Gasteiger partial charge on any atom is 0.416 e. The smallest absolute Gasteiger partial charge is 0.315 e. The molecule has 1 aliphatic heterocycles. The molecule has 3 rings (SSSR count). The van der Waals surface area contributed by atoms with E-state index in [1.165, 1.54) is 17.0 Å². The highest BCUT2D eigenvalue weighted by molar-refractivity contribution is 7.10. The van der Waals surface area contributed by atoms with Crippen molar-refractivity contribution in [1.82, 2.24) is 4.37 Å². The number of carbonyl (C=O) groups is 2. The van der Waals surface area contributed by atoms with Gasteiger partial charge in [-0.15, -0.1) is 0 Å². The molecule has 0 aliphatic carbocycles. The molecule has 28 heavy (non-hydrogen) atoms. The minimum absolute atomic E-state index is 0.158. The van der Waals surface area contributed by atoms with Gasteiger partial charge in [0, 0.05) is 17.5 Å². The summed E-state index contributed by atoms with van der Waals surface area (Å²) in [4.78, 5) is 26.3. The molecule has 0 bridgehead atoms. The van der Waals surface area contributed by atoms with Gasteiger partial charge in [-0.2, -0.15) is 17.5 Å². The van der Waals surface area contributed by atoms with Crippen molar-refractivity contribution >= 4 is 34.0 Å². The third-order valence-electron chi connectivity index (χ3n) is 4.51. The molecule has 1 unspecified atom stereocenters. The van der Waals surface area contributed by atoms with Crippen molar-refractivity contribution in [3.05, 3.63) is 41.6 Å². The van der Waals surface area contributed by atoms with Gasteiger partial charge in [-0.05, 0) is 48.3 Å². The van der Waals surface area contributed by atoms with Crippen LogP contribution in [0.4, 0.5) is 23.9 Å². The fraction of sp³-hybridized carbons (Fsp3) is 0.421. The summed E-state index contributed by atoms with van der Waals surface area (Å²) < 4.78 is 42.6. The Morgan fingerprint density at radius 2 is 1.86 bits per heavy atom. The van der Waals surface area contributed by atoms with Crippen LogP contribution in [0, 0.1) is 0 Å². The van der Waals surface area contributed by atoms with E-state index in [2.05, 4.69) is 9.69 Å². The first-order valence-electron chi connectivity index (χ1n) is 8.74. The lowest BCUT2D eigenvalue weighted by atomic mass is 9.92. The number of aromatic nitrogens is 1. The number of alkyl halides is 3. The van der Waals surface area contributed by atoms with Gasteiger partial charge in [0.1, 0.15) is 11.0 Å². The molecular formula is C19H20F3N3O2S. The van der Waals surface area contributed by atoms with E-state index in [-0.39, 0.29) is 29.3 Å². The number of nitrogens with zero attached hydrogens (tertiary/aromatic N) is 2. The molecule has 0 radical (unpaired) electrons. The number of carbonyl (C=O) groups excluding carboxylic acids is 2. The summed E-state index contributed by atoms with van der Waals surface area (Å²) >= 11 is 1.16. The molecule has 0 spiro atoms. The first kappa shape index (κ1) is 20.3. The molecule has 150 valence electrons. The molecular weight excluding hydrogens is 391 g/mol. The average Bonchev–Trinajstić information content (AvgIpc) is 3.20. The molecule has 1 aromatic carbocycles. The number of anilines is 2. The molecule has 9 heteroatoms. The standard InChI is InChI=1S/C19H20F3N3O2S/c1-18(2,3)14-10-15(28-24-14)23-17(27)13-8-9-16(26)25(13)12-6-4-11(5-7-12)19(20,21)22/h4-7,10,13H,8-9H2,1-3H3,(H,23,27). The molecule has 0 saturated carbocycles. The van der Waals surface area contributed by atoms with Crippen LogP contribution in [0.5, 0.6) is 0 Å². The van der Waals surface area contributed by atoms with Crippen LogP contribution in [0.2, 0.25) is 0 Å². The Kier molecular flexibility index (Phi) is 5.22. The lowest BCUT2D eigenvalue weighted by Crippen LogP contribution is -2.41. The summed E-state index contributed by atoms with van der Waals surface area (Å²) in [5.41, 5.74) is 0.156. The van der Waals surface area contributed by atoms with E-state index in [1.54, 1.807) is 6.07 Å². The highest BCUT2D eigenvalue weighted by Crippen LogP contribution is 2.33. The second kappa shape index (κ2) is 7.20. The molecule has 1 atom stereocenters. The van der Waals surface area contributed by atoms with Crippen LogP contribution in [0.1, 0.15) is 44.9 Å². The number of benzene rings is 1. The maximum absolute atomic E-state index is 12.8. The van der Waals surface area contributed by atoms with Gasteiger partial charge >= 0.3 is 6.18 Å². The number of rotatable bonds is 3. The molecule has 2 amide bonds. The summed E-state index contributed by atoms with van der Waals surface area (Å²) in [5, 5.41) is 3.35. The van der Waals surface area contributed by atoms with Crippen molar-refractivity contribution in [2.45, 2.75) is 51.2 Å². The third kappa shape index (κ3) is 4.19. The van der Waals surface area contributed by atoms with Crippen LogP contribution < -0.4 is 10.2 Å². The summed E-state index contributed by atoms with van der Waals surface area (Å²) in [6, 6.07) is 5.28. The second-order valence-corrected chi connectivity index (χ2v) is 8.48. The van der Waals surface area contributed by atoms with Crippen molar-refractivity contribution < 1.29 is 22.8 Å². The predicted molar refractivity (Wildman–Crippen MR) is 101 cm³/mol. The largest absolute Gasteiger partial charge is 0.416 e. The van der Waals surface area contributed by atoms with Gasteiger partial charge in [-0.1, -0.05) is 20.8 Å². The quantitative estimate of drug-likeness (QED) is 0.803. The van der Waals surface area contributed by atoms with E-state index < -0.39 is 17.8 Å². The van der Waals surface area contributed by atoms with E-state index in [9.17, 15) is 22.8 Å². The monoisotopic (exact) mass is 411 g/mol. The maximum atomic E-state index is 12.8. The molecule has 5 nitrogen and oxygen atoms in total. The fourth-order valence-electron chi connectivity index (χ4n) is 2.96. The Balaban J connectivity index is 1.78. The molecule has 2 aromatic rings. The van der Waals surface area contributed by atoms with Gasteiger partial charge in [-0.25, -0.2) is 0 Å². The zero-order valence-corrected chi connectivity index (χ0v) is 16.4. The lowest BCUT2D eigenvalue weighted by molar-refractivity contribution is -0.137. The topological polar surface area (TPSA) is 62.3 Å². The highest BCUT2D eigenvalue weighted by Gasteiger charge is 2.38. The molecule has 1 N–H and O–H groups in total. The number of hydrogen-bond acceptors (Lipinski definition) is 4. The third-order valence-corrected chi connectivity index (χ3v) is 5.22. The first-order chi connectivity index (χ1) is 13.0. The molecule has 1 aromatic heterocycles. The van der Waals surface area contributed by atoms with Gasteiger partial charge in [0.25, 0.3) is 0 Å². The van der Waals surface area contributed by atoms with E-state index in [0.29, 0.717) is 11.4 Å². The Hall–Kier alpha value is -2.42. The Morgan fingerprint density at radius 3 is 2.39 bits per heavy atom. The van der Waals surface area contributed by atoms with E-state index in [0.717, 1.165) is 29.4 Å². The summed E-state index contributed by atoms with van der Waals surface area (Å²) in [5.74, 6) is -0.672. The van der Waals surface area contributed by atoms with Gasteiger partial charge in [0.15, 0.2) is 0 Å². The molecule has 2 heterocycles. The van der Waals surface area contributed by atoms with Crippen LogP contribution in [-0.4, -0.2) is 22.2 Å². The molecule has 1 fully saturated rings. The zero-order valence-electron chi connectivity index (χ0n) is 15.6. The minimum atomic E-state index is -4.46. The van der Waals surface area contributed by atoms with Crippen LogP contribution in [0.15, 0.2) is 30.3 Å². The SMILES string of the molecule is CC(C)(C)c1cc(NC(=O)C2CCC(=O)N2c2ccc(C(F)(F)F)cc2)sn1. The minimum Gasteiger partial charge on any atom is -0.315 e. The lowest BCUT2D eigenvalue weighted by Gasteiger charge is -2.24. The highest BCUT2D eigenvalue weighted by atomic mass is 32.1. The predicted octanol–water partition coefficient (Wildman–Crippen LogP) is 4.59. The van der Waals surface area contributed by atoms with Crippen LogP contribution in [-0.2, 0) is 21.2 Å². The number of hydrogen-bond donors (Lipinski definition) is 1. The number of halogens is 3. The van der Waals surface area contributed by atoms with Crippen LogP contribution >= 0.6 is 11.5 Å². The first-order valence-corrected chi connectivity index (χ1v) is 9.51. The fourth-order valence-corrected chi connectivity index (χ4v) is 3.79. The van der Waals surface area contributed by atoms with Gasteiger partial charge in [-0.3, -0.25) is 14.5 Å². The van der Waals surface area contributed by atoms with Crippen molar-refractivity contribution in [2.75, 3.05) is 10.2 Å². The Bertz CT molecular complexity index is 885. The number of nitrogens with one attached hydrogen (secondary N) is 1.